The smallest absolute Gasteiger partial charge is 0.119 e. The third-order valence-electron chi connectivity index (χ3n) is 3.14. The number of aryl methyl sites for hydroxylation is 1. The Morgan fingerprint density at radius 1 is 1.22 bits per heavy atom. The monoisotopic (exact) mass is 238 g/mol. The Labute approximate surface area is 105 Å². The standard InChI is InChI=1S/C15H14N2O/c1-10-15(11-4-3-7-16-9-11)13-8-12(18-2)5-6-14(13)17-10/h3-9,17H,1-2H3. The molecule has 0 spiro atoms. The normalized spacial score (nSPS) is 10.8. The fourth-order valence-corrected chi connectivity index (χ4v) is 2.32. The summed E-state index contributed by atoms with van der Waals surface area (Å²) in [6.07, 6.45) is 3.67. The van der Waals surface area contributed by atoms with Crippen LogP contribution in [0.5, 0.6) is 5.75 Å². The minimum absolute atomic E-state index is 0.867. The van der Waals surface area contributed by atoms with Crippen LogP contribution in [0.25, 0.3) is 22.0 Å². The molecule has 0 radical (unpaired) electrons. The molecule has 3 rings (SSSR count). The average Bonchev–Trinajstić information content (AvgIpc) is 2.74. The van der Waals surface area contributed by atoms with Crippen LogP contribution in [0.15, 0.2) is 42.7 Å². The third-order valence-corrected chi connectivity index (χ3v) is 3.14. The van der Waals surface area contributed by atoms with Gasteiger partial charge >= 0.3 is 0 Å². The first-order valence-corrected chi connectivity index (χ1v) is 5.86. The molecule has 1 aromatic carbocycles. The van der Waals surface area contributed by atoms with Gasteiger partial charge in [-0.1, -0.05) is 6.07 Å². The van der Waals surface area contributed by atoms with Gasteiger partial charge in [0.2, 0.25) is 0 Å². The molecule has 3 nitrogen and oxygen atoms in total. The lowest BCUT2D eigenvalue weighted by Crippen LogP contribution is -1.83. The Kier molecular flexibility index (Phi) is 2.52. The molecule has 0 fully saturated rings. The van der Waals surface area contributed by atoms with Gasteiger partial charge in [-0.25, -0.2) is 0 Å². The Morgan fingerprint density at radius 2 is 2.11 bits per heavy atom. The summed E-state index contributed by atoms with van der Waals surface area (Å²) in [4.78, 5) is 7.58. The van der Waals surface area contributed by atoms with Crippen LogP contribution in [-0.4, -0.2) is 17.1 Å². The van der Waals surface area contributed by atoms with Gasteiger partial charge in [-0.05, 0) is 31.2 Å². The molecule has 2 heterocycles. The predicted molar refractivity (Wildman–Crippen MR) is 72.8 cm³/mol. The summed E-state index contributed by atoms with van der Waals surface area (Å²) in [7, 11) is 1.68. The molecular weight excluding hydrogens is 224 g/mol. The van der Waals surface area contributed by atoms with Crippen LogP contribution in [-0.2, 0) is 0 Å². The molecule has 0 amide bonds. The van der Waals surface area contributed by atoms with Gasteiger partial charge in [0.05, 0.1) is 7.11 Å². The van der Waals surface area contributed by atoms with Gasteiger partial charge in [0.1, 0.15) is 5.75 Å². The van der Waals surface area contributed by atoms with Gasteiger partial charge < -0.3 is 9.72 Å². The fraction of sp³-hybridized carbons (Fsp3) is 0.133. The number of aromatic nitrogens is 2. The topological polar surface area (TPSA) is 37.9 Å². The SMILES string of the molecule is COc1ccc2[nH]c(C)c(-c3cccnc3)c2c1. The summed E-state index contributed by atoms with van der Waals surface area (Å²) in [5.74, 6) is 0.867. The van der Waals surface area contributed by atoms with E-state index in [0.717, 1.165) is 22.5 Å². The van der Waals surface area contributed by atoms with E-state index in [1.54, 1.807) is 13.3 Å². The maximum Gasteiger partial charge on any atom is 0.119 e. The van der Waals surface area contributed by atoms with Crippen molar-refractivity contribution in [3.05, 3.63) is 48.4 Å². The lowest BCUT2D eigenvalue weighted by Gasteiger charge is -2.02. The summed E-state index contributed by atoms with van der Waals surface area (Å²) in [5, 5.41) is 1.17. The van der Waals surface area contributed by atoms with Gasteiger partial charge in [-0.3, -0.25) is 4.98 Å². The first-order valence-electron chi connectivity index (χ1n) is 5.86. The molecule has 0 unspecified atom stereocenters. The molecule has 18 heavy (non-hydrogen) atoms. The van der Waals surface area contributed by atoms with Gasteiger partial charge in [-0.15, -0.1) is 0 Å². The summed E-state index contributed by atoms with van der Waals surface area (Å²) in [6.45, 7) is 2.08. The maximum absolute atomic E-state index is 5.29. The zero-order valence-corrected chi connectivity index (χ0v) is 10.4. The first kappa shape index (κ1) is 10.8. The van der Waals surface area contributed by atoms with E-state index in [4.69, 9.17) is 4.74 Å². The zero-order chi connectivity index (χ0) is 12.5. The number of pyridine rings is 1. The Hall–Kier alpha value is -2.29. The number of rotatable bonds is 2. The van der Waals surface area contributed by atoms with Crippen molar-refractivity contribution in [2.75, 3.05) is 7.11 Å². The number of ether oxygens (including phenoxy) is 1. The van der Waals surface area contributed by atoms with Crippen LogP contribution in [0.1, 0.15) is 5.69 Å². The molecular formula is C15H14N2O. The summed E-state index contributed by atoms with van der Waals surface area (Å²) < 4.78 is 5.29. The largest absolute Gasteiger partial charge is 0.497 e. The number of nitrogens with one attached hydrogen (secondary N) is 1. The number of benzene rings is 1. The number of hydrogen-bond donors (Lipinski definition) is 1. The molecule has 3 aromatic rings. The highest BCUT2D eigenvalue weighted by Gasteiger charge is 2.11. The molecule has 2 aromatic heterocycles. The Morgan fingerprint density at radius 3 is 2.83 bits per heavy atom. The van der Waals surface area contributed by atoms with E-state index in [1.165, 1.54) is 10.9 Å². The molecule has 0 atom stereocenters. The first-order chi connectivity index (χ1) is 8.79. The van der Waals surface area contributed by atoms with Crippen molar-refractivity contribution in [1.29, 1.82) is 0 Å². The van der Waals surface area contributed by atoms with Crippen molar-refractivity contribution in [2.24, 2.45) is 0 Å². The number of hydrogen-bond acceptors (Lipinski definition) is 2. The van der Waals surface area contributed by atoms with Crippen molar-refractivity contribution in [3.8, 4) is 16.9 Å². The van der Waals surface area contributed by atoms with E-state index in [2.05, 4.69) is 29.0 Å². The second kappa shape index (κ2) is 4.18. The summed E-state index contributed by atoms with van der Waals surface area (Å²) >= 11 is 0. The van der Waals surface area contributed by atoms with Gasteiger partial charge in [0.15, 0.2) is 0 Å². The van der Waals surface area contributed by atoms with E-state index < -0.39 is 0 Å². The highest BCUT2D eigenvalue weighted by Crippen LogP contribution is 2.33. The molecule has 0 aliphatic rings. The molecule has 3 heteroatoms. The molecule has 90 valence electrons. The predicted octanol–water partition coefficient (Wildman–Crippen LogP) is 3.55. The van der Waals surface area contributed by atoms with E-state index in [0.29, 0.717) is 0 Å². The van der Waals surface area contributed by atoms with Gasteiger partial charge in [0, 0.05) is 40.1 Å². The van der Waals surface area contributed by atoms with E-state index in [9.17, 15) is 0 Å². The van der Waals surface area contributed by atoms with Crippen LogP contribution in [0.2, 0.25) is 0 Å². The molecule has 0 saturated carbocycles. The van der Waals surface area contributed by atoms with Crippen molar-refractivity contribution in [1.82, 2.24) is 9.97 Å². The van der Waals surface area contributed by atoms with Crippen molar-refractivity contribution >= 4 is 10.9 Å². The Bertz CT molecular complexity index is 686. The van der Waals surface area contributed by atoms with Crippen LogP contribution in [0.4, 0.5) is 0 Å². The molecule has 1 N–H and O–H groups in total. The maximum atomic E-state index is 5.29. The number of fused-ring (bicyclic) bond motifs is 1. The Balaban J connectivity index is 2.30. The zero-order valence-electron chi connectivity index (χ0n) is 10.4. The van der Waals surface area contributed by atoms with Gasteiger partial charge in [-0.2, -0.15) is 0 Å². The lowest BCUT2D eigenvalue weighted by molar-refractivity contribution is 0.415. The van der Waals surface area contributed by atoms with Crippen LogP contribution in [0, 0.1) is 6.92 Å². The molecule has 0 saturated heterocycles. The highest BCUT2D eigenvalue weighted by atomic mass is 16.5. The molecule has 0 bridgehead atoms. The van der Waals surface area contributed by atoms with Crippen LogP contribution < -0.4 is 4.74 Å². The van der Waals surface area contributed by atoms with Crippen molar-refractivity contribution < 1.29 is 4.74 Å². The number of H-pyrrole nitrogens is 1. The summed E-state index contributed by atoms with van der Waals surface area (Å²) in [6, 6.07) is 10.1. The number of methoxy groups -OCH3 is 1. The third kappa shape index (κ3) is 1.64. The lowest BCUT2D eigenvalue weighted by atomic mass is 10.0. The van der Waals surface area contributed by atoms with E-state index in [-0.39, 0.29) is 0 Å². The molecule has 0 aliphatic heterocycles. The minimum Gasteiger partial charge on any atom is -0.497 e. The number of nitrogens with zero attached hydrogens (tertiary/aromatic N) is 1. The van der Waals surface area contributed by atoms with Gasteiger partial charge in [0.25, 0.3) is 0 Å². The van der Waals surface area contributed by atoms with E-state index >= 15 is 0 Å². The second-order valence-corrected chi connectivity index (χ2v) is 4.28. The highest BCUT2D eigenvalue weighted by molar-refractivity contribution is 5.98. The van der Waals surface area contributed by atoms with Crippen molar-refractivity contribution in [2.45, 2.75) is 6.92 Å². The van der Waals surface area contributed by atoms with Crippen LogP contribution >= 0.6 is 0 Å². The van der Waals surface area contributed by atoms with Crippen LogP contribution in [0.3, 0.4) is 0 Å². The molecule has 0 aliphatic carbocycles. The minimum atomic E-state index is 0.867. The van der Waals surface area contributed by atoms with E-state index in [1.807, 2.05) is 24.4 Å². The quantitative estimate of drug-likeness (QED) is 0.741. The summed E-state index contributed by atoms with van der Waals surface area (Å²) in [5.41, 5.74) is 4.57. The van der Waals surface area contributed by atoms with Crippen molar-refractivity contribution in [3.63, 3.8) is 0 Å². The average molecular weight is 238 g/mol. The fourth-order valence-electron chi connectivity index (χ4n) is 2.32. The number of aromatic amines is 1. The second-order valence-electron chi connectivity index (χ2n) is 4.28.